The Morgan fingerprint density at radius 3 is 1.45 bits per heavy atom. The fourth-order valence-electron chi connectivity index (χ4n) is 2.38. The van der Waals surface area contributed by atoms with Crippen LogP contribution in [0, 0.1) is 0 Å². The first-order chi connectivity index (χ1) is 9.84. The topological polar surface area (TPSA) is 0 Å². The van der Waals surface area contributed by atoms with Gasteiger partial charge in [-0.05, 0) is 27.1 Å². The molecule has 0 aliphatic carbocycles. The Hall–Kier alpha value is -2.60. The van der Waals surface area contributed by atoms with Crippen LogP contribution in [0.4, 0.5) is 0 Å². The van der Waals surface area contributed by atoms with E-state index in [0.29, 0.717) is 0 Å². The van der Waals surface area contributed by atoms with Gasteiger partial charge in [0, 0.05) is 0 Å². The molecule has 3 aromatic carbocycles. The van der Waals surface area contributed by atoms with Crippen LogP contribution in [0.15, 0.2) is 84.9 Å². The molecule has 0 heterocycles. The van der Waals surface area contributed by atoms with Crippen LogP contribution in [0.5, 0.6) is 0 Å². The van der Waals surface area contributed by atoms with Gasteiger partial charge in [-0.3, -0.25) is 0 Å². The second-order valence-electron chi connectivity index (χ2n) is 4.80. The zero-order chi connectivity index (χ0) is 13.8. The highest BCUT2D eigenvalue weighted by atomic mass is 14.1. The average Bonchev–Trinajstić information content (AvgIpc) is 2.52. The smallest absolute Gasteiger partial charge is 0.00389 e. The third-order valence-electron chi connectivity index (χ3n) is 3.37. The van der Waals surface area contributed by atoms with Crippen LogP contribution < -0.4 is 10.4 Å². The largest absolute Gasteiger partial charge is 0.0918 e. The van der Waals surface area contributed by atoms with Gasteiger partial charge in [-0.25, -0.2) is 0 Å². The van der Waals surface area contributed by atoms with Gasteiger partial charge in [0.2, 0.25) is 0 Å². The van der Waals surface area contributed by atoms with Crippen molar-refractivity contribution in [2.24, 2.45) is 0 Å². The van der Waals surface area contributed by atoms with Gasteiger partial charge in [0.25, 0.3) is 0 Å². The second kappa shape index (κ2) is 5.58. The zero-order valence-electron chi connectivity index (χ0n) is 11.3. The van der Waals surface area contributed by atoms with Gasteiger partial charge in [0.05, 0.1) is 0 Å². The maximum Gasteiger partial charge on any atom is -0.00389 e. The predicted molar refractivity (Wildman–Crippen MR) is 85.7 cm³/mol. The molecule has 0 aliphatic rings. The maximum atomic E-state index is 3.96. The summed E-state index contributed by atoms with van der Waals surface area (Å²) in [6.45, 7) is 3.96. The Kier molecular flexibility index (Phi) is 3.47. The molecule has 0 atom stereocenters. The first kappa shape index (κ1) is 12.4. The first-order valence-corrected chi connectivity index (χ1v) is 6.75. The van der Waals surface area contributed by atoms with Crippen LogP contribution in [0.25, 0.3) is 12.2 Å². The van der Waals surface area contributed by atoms with Crippen LogP contribution in [-0.4, -0.2) is 0 Å². The molecule has 0 radical (unpaired) electrons. The molecule has 0 amide bonds. The highest BCUT2D eigenvalue weighted by molar-refractivity contribution is 5.79. The summed E-state index contributed by atoms with van der Waals surface area (Å²) in [5.74, 6) is 0. The Balaban J connectivity index is 2.33. The predicted octanol–water partition coefficient (Wildman–Crippen LogP) is 3.34. The van der Waals surface area contributed by atoms with E-state index in [1.165, 1.54) is 21.9 Å². The van der Waals surface area contributed by atoms with Gasteiger partial charge in [-0.1, -0.05) is 91.5 Å². The van der Waals surface area contributed by atoms with Crippen molar-refractivity contribution in [1.29, 1.82) is 0 Å². The molecule has 0 unspecified atom stereocenters. The molecule has 0 aliphatic heterocycles. The van der Waals surface area contributed by atoms with Gasteiger partial charge in [-0.2, -0.15) is 0 Å². The van der Waals surface area contributed by atoms with Crippen molar-refractivity contribution in [1.82, 2.24) is 0 Å². The third kappa shape index (κ3) is 2.55. The van der Waals surface area contributed by atoms with Gasteiger partial charge < -0.3 is 0 Å². The molecule has 0 spiro atoms. The molecule has 20 heavy (non-hydrogen) atoms. The van der Waals surface area contributed by atoms with E-state index in [4.69, 9.17) is 0 Å². The van der Waals surface area contributed by atoms with E-state index >= 15 is 0 Å². The SMILES string of the molecule is C=c1ccc(=C(c2ccccc2)c2ccccc2)cc1. The Morgan fingerprint density at radius 1 is 0.550 bits per heavy atom. The molecule has 0 bridgehead atoms. The summed E-state index contributed by atoms with van der Waals surface area (Å²) >= 11 is 0. The van der Waals surface area contributed by atoms with E-state index < -0.39 is 0 Å². The summed E-state index contributed by atoms with van der Waals surface area (Å²) in [4.78, 5) is 0. The molecular weight excluding hydrogens is 240 g/mol. The first-order valence-electron chi connectivity index (χ1n) is 6.75. The lowest BCUT2D eigenvalue weighted by Gasteiger charge is -2.08. The van der Waals surface area contributed by atoms with Crippen LogP contribution in [0.2, 0.25) is 0 Å². The molecular formula is C20H16. The molecule has 0 fully saturated rings. The standard InChI is InChI=1S/C20H16/c1-16-12-14-19(15-13-16)20(17-8-4-2-5-9-17)18-10-6-3-7-11-18/h2-15H,1H2. The number of benzene rings is 3. The van der Waals surface area contributed by atoms with E-state index in [9.17, 15) is 0 Å². The fraction of sp³-hybridized carbons (Fsp3) is 0. The zero-order valence-corrected chi connectivity index (χ0v) is 11.3. The van der Waals surface area contributed by atoms with E-state index in [0.717, 1.165) is 5.22 Å². The molecule has 0 saturated carbocycles. The van der Waals surface area contributed by atoms with Crippen LogP contribution in [0.3, 0.4) is 0 Å². The summed E-state index contributed by atoms with van der Waals surface area (Å²) in [6.07, 6.45) is 0. The van der Waals surface area contributed by atoms with Crippen molar-refractivity contribution >= 4 is 12.2 Å². The van der Waals surface area contributed by atoms with E-state index in [1.807, 2.05) is 12.1 Å². The monoisotopic (exact) mass is 256 g/mol. The summed E-state index contributed by atoms with van der Waals surface area (Å²) in [6, 6.07) is 29.4. The van der Waals surface area contributed by atoms with Crippen LogP contribution in [0.1, 0.15) is 11.1 Å². The lowest BCUT2D eigenvalue weighted by atomic mass is 9.95. The quantitative estimate of drug-likeness (QED) is 0.659. The molecule has 96 valence electrons. The van der Waals surface area contributed by atoms with Crippen molar-refractivity contribution in [3.8, 4) is 0 Å². The van der Waals surface area contributed by atoms with Crippen molar-refractivity contribution < 1.29 is 0 Å². The van der Waals surface area contributed by atoms with Crippen LogP contribution in [-0.2, 0) is 0 Å². The van der Waals surface area contributed by atoms with Gasteiger partial charge in [0.1, 0.15) is 0 Å². The normalized spacial score (nSPS) is 10.2. The van der Waals surface area contributed by atoms with E-state index in [-0.39, 0.29) is 0 Å². The van der Waals surface area contributed by atoms with Crippen molar-refractivity contribution in [2.45, 2.75) is 0 Å². The number of rotatable bonds is 2. The van der Waals surface area contributed by atoms with Gasteiger partial charge in [0.15, 0.2) is 0 Å². The minimum absolute atomic E-state index is 1.04. The minimum Gasteiger partial charge on any atom is -0.0918 e. The molecule has 0 saturated heterocycles. The van der Waals surface area contributed by atoms with E-state index in [1.54, 1.807) is 0 Å². The summed E-state index contributed by atoms with van der Waals surface area (Å²) in [5.41, 5.74) is 3.72. The molecule has 3 rings (SSSR count). The van der Waals surface area contributed by atoms with Crippen LogP contribution >= 0.6 is 0 Å². The number of hydrogen-bond acceptors (Lipinski definition) is 0. The number of hydrogen-bond donors (Lipinski definition) is 0. The van der Waals surface area contributed by atoms with E-state index in [2.05, 4.69) is 79.4 Å². The summed E-state index contributed by atoms with van der Waals surface area (Å²) in [7, 11) is 0. The Labute approximate surface area is 119 Å². The maximum absolute atomic E-state index is 3.96. The third-order valence-corrected chi connectivity index (χ3v) is 3.37. The minimum atomic E-state index is 1.04. The van der Waals surface area contributed by atoms with Gasteiger partial charge in [-0.15, -0.1) is 0 Å². The van der Waals surface area contributed by atoms with Crippen molar-refractivity contribution in [3.63, 3.8) is 0 Å². The summed E-state index contributed by atoms with van der Waals surface area (Å²) in [5, 5.41) is 2.25. The Bertz CT molecular complexity index is 735. The molecule has 0 nitrogen and oxygen atoms in total. The molecule has 3 aromatic rings. The second-order valence-corrected chi connectivity index (χ2v) is 4.80. The lowest BCUT2D eigenvalue weighted by Crippen LogP contribution is -2.11. The highest BCUT2D eigenvalue weighted by Gasteiger charge is 2.04. The van der Waals surface area contributed by atoms with Crippen molar-refractivity contribution in [2.75, 3.05) is 0 Å². The van der Waals surface area contributed by atoms with Gasteiger partial charge >= 0.3 is 0 Å². The highest BCUT2D eigenvalue weighted by Crippen LogP contribution is 2.19. The molecule has 0 N–H and O–H groups in total. The molecule has 0 heteroatoms. The summed E-state index contributed by atoms with van der Waals surface area (Å²) < 4.78 is 0. The Morgan fingerprint density at radius 2 is 1.00 bits per heavy atom. The fourth-order valence-corrected chi connectivity index (χ4v) is 2.38. The average molecular weight is 256 g/mol. The molecule has 0 aromatic heterocycles. The van der Waals surface area contributed by atoms with Crippen molar-refractivity contribution in [3.05, 3.63) is 106 Å². The lowest BCUT2D eigenvalue weighted by molar-refractivity contribution is 1.47.